The molecule has 15 heavy (non-hydrogen) atoms. The van der Waals surface area contributed by atoms with Gasteiger partial charge in [-0.05, 0) is 25.1 Å². The molecule has 1 aromatic carbocycles. The Morgan fingerprint density at radius 3 is 2.53 bits per heavy atom. The quantitative estimate of drug-likeness (QED) is 0.450. The van der Waals surface area contributed by atoms with Gasteiger partial charge in [0.15, 0.2) is 0 Å². The van der Waals surface area contributed by atoms with Gasteiger partial charge in [-0.2, -0.15) is 0 Å². The Hall–Kier alpha value is -1.03. The smallest absolute Gasteiger partial charge is 0.0642 e. The van der Waals surface area contributed by atoms with Gasteiger partial charge in [0.2, 0.25) is 0 Å². The molecule has 0 aliphatic rings. The van der Waals surface area contributed by atoms with Gasteiger partial charge < -0.3 is 0 Å². The number of rotatable bonds is 4. The summed E-state index contributed by atoms with van der Waals surface area (Å²) in [6.07, 6.45) is 7.72. The monoisotopic (exact) mass is 311 g/mol. The molecule has 0 aromatic heterocycles. The third kappa shape index (κ3) is 3.91. The van der Waals surface area contributed by atoms with Crippen LogP contribution in [-0.4, -0.2) is 0 Å². The summed E-state index contributed by atoms with van der Waals surface area (Å²) in [5.74, 6) is 0. The lowest BCUT2D eigenvalue weighted by Gasteiger charge is -2.16. The second kappa shape index (κ2) is 6.45. The molecular weight excluding hydrogens is 297 g/mol. The summed E-state index contributed by atoms with van der Waals surface area (Å²) in [6.45, 7) is 5.71. The molecule has 0 fully saturated rings. The van der Waals surface area contributed by atoms with Crippen molar-refractivity contribution in [3.05, 3.63) is 66.9 Å². The molecule has 78 valence electrons. The molecule has 0 saturated carbocycles. The van der Waals surface area contributed by atoms with E-state index in [4.69, 9.17) is 0 Å². The highest BCUT2D eigenvalue weighted by molar-refractivity contribution is 14.1. The normalized spacial score (nSPS) is 11.7. The lowest BCUT2D eigenvalue weighted by molar-refractivity contribution is 1.30. The van der Waals surface area contributed by atoms with E-state index in [1.807, 2.05) is 30.4 Å². The highest BCUT2D eigenvalue weighted by Crippen LogP contribution is 2.22. The average Bonchev–Trinajstić information content (AvgIpc) is 2.29. The molecule has 1 rings (SSSR count). The fourth-order valence-corrected chi connectivity index (χ4v) is 1.58. The predicted molar refractivity (Wildman–Crippen MR) is 76.0 cm³/mol. The van der Waals surface area contributed by atoms with Crippen LogP contribution in [0.3, 0.4) is 0 Å². The number of hydrogen-bond donors (Lipinski definition) is 0. The molecule has 0 saturated heterocycles. The fraction of sp³-hybridized carbons (Fsp3) is 0.0769. The molecule has 0 atom stereocenters. The van der Waals surface area contributed by atoms with E-state index < -0.39 is 0 Å². The fourth-order valence-electron chi connectivity index (χ4n) is 1.10. The minimum atomic E-state index is 1.18. The van der Waals surface area contributed by atoms with Crippen LogP contribution >= 0.6 is 22.9 Å². The van der Waals surface area contributed by atoms with Crippen molar-refractivity contribution in [3.63, 3.8) is 0 Å². The van der Waals surface area contributed by atoms with Crippen LogP contribution in [0.15, 0.2) is 66.9 Å². The zero-order chi connectivity index (χ0) is 11.1. The number of allylic oxidation sites excluding steroid dienone is 5. The van der Waals surface area contributed by atoms with Crippen LogP contribution in [0.2, 0.25) is 0 Å². The summed E-state index contributed by atoms with van der Waals surface area (Å²) in [5.41, 5.74) is 2.36. The maximum atomic E-state index is 3.63. The molecule has 0 aliphatic heterocycles. The van der Waals surface area contributed by atoms with Crippen molar-refractivity contribution in [1.82, 2.24) is 0 Å². The van der Waals surface area contributed by atoms with Crippen molar-refractivity contribution in [1.29, 1.82) is 0 Å². The van der Waals surface area contributed by atoms with Gasteiger partial charge in [-0.25, -0.2) is 0 Å². The van der Waals surface area contributed by atoms with Crippen LogP contribution in [-0.2, 0) is 0 Å². The van der Waals surface area contributed by atoms with E-state index in [-0.39, 0.29) is 0 Å². The van der Waals surface area contributed by atoms with Crippen LogP contribution in [0, 0.1) is 0 Å². The van der Waals surface area contributed by atoms with Gasteiger partial charge in [0.1, 0.15) is 0 Å². The SMILES string of the molecule is C=C/C=C\C=C(/C)N(I)c1ccccc1. The summed E-state index contributed by atoms with van der Waals surface area (Å²) in [6, 6.07) is 10.3. The number of anilines is 1. The molecule has 0 aliphatic carbocycles. The maximum absolute atomic E-state index is 3.63. The van der Waals surface area contributed by atoms with E-state index in [2.05, 4.69) is 57.7 Å². The summed E-state index contributed by atoms with van der Waals surface area (Å²) >= 11 is 2.29. The first-order chi connectivity index (χ1) is 7.25. The van der Waals surface area contributed by atoms with E-state index in [0.717, 1.165) is 0 Å². The van der Waals surface area contributed by atoms with Gasteiger partial charge in [0.25, 0.3) is 0 Å². The summed E-state index contributed by atoms with van der Waals surface area (Å²) < 4.78 is 2.12. The average molecular weight is 311 g/mol. The predicted octanol–water partition coefficient (Wildman–Crippen LogP) is 4.49. The first-order valence-electron chi connectivity index (χ1n) is 4.72. The van der Waals surface area contributed by atoms with Gasteiger partial charge in [-0.1, -0.05) is 43.0 Å². The van der Waals surface area contributed by atoms with Crippen molar-refractivity contribution in [2.75, 3.05) is 3.11 Å². The van der Waals surface area contributed by atoms with E-state index >= 15 is 0 Å². The Bertz CT molecular complexity index is 365. The second-order valence-electron chi connectivity index (χ2n) is 3.05. The zero-order valence-corrected chi connectivity index (χ0v) is 10.9. The summed E-state index contributed by atoms with van der Waals surface area (Å²) in [5, 5.41) is 0. The van der Waals surface area contributed by atoms with Gasteiger partial charge in [-0.3, -0.25) is 3.11 Å². The first kappa shape index (κ1) is 12.0. The van der Waals surface area contributed by atoms with Crippen LogP contribution in [0.1, 0.15) is 6.92 Å². The minimum Gasteiger partial charge on any atom is -0.287 e. The second-order valence-corrected chi connectivity index (χ2v) is 4.01. The molecular formula is C13H14IN. The number of nitrogens with zero attached hydrogens (tertiary/aromatic N) is 1. The highest BCUT2D eigenvalue weighted by Gasteiger charge is 2.01. The summed E-state index contributed by atoms with van der Waals surface area (Å²) in [4.78, 5) is 0. The van der Waals surface area contributed by atoms with Crippen molar-refractivity contribution in [3.8, 4) is 0 Å². The largest absolute Gasteiger partial charge is 0.287 e. The van der Waals surface area contributed by atoms with E-state index in [1.165, 1.54) is 11.4 Å². The molecule has 0 unspecified atom stereocenters. The highest BCUT2D eigenvalue weighted by atomic mass is 127. The Labute approximate surface area is 105 Å². The molecule has 2 heteroatoms. The Balaban J connectivity index is 2.76. The van der Waals surface area contributed by atoms with Crippen LogP contribution in [0.4, 0.5) is 5.69 Å². The maximum Gasteiger partial charge on any atom is 0.0642 e. The van der Waals surface area contributed by atoms with Gasteiger partial charge in [0, 0.05) is 5.70 Å². The summed E-state index contributed by atoms with van der Waals surface area (Å²) in [7, 11) is 0. The minimum absolute atomic E-state index is 1.18. The van der Waals surface area contributed by atoms with E-state index in [9.17, 15) is 0 Å². The van der Waals surface area contributed by atoms with Crippen molar-refractivity contribution < 1.29 is 0 Å². The van der Waals surface area contributed by atoms with Crippen LogP contribution < -0.4 is 3.11 Å². The number of halogens is 1. The van der Waals surface area contributed by atoms with Crippen molar-refractivity contribution in [2.45, 2.75) is 6.92 Å². The third-order valence-electron chi connectivity index (χ3n) is 1.88. The Morgan fingerprint density at radius 2 is 1.93 bits per heavy atom. The number of hydrogen-bond acceptors (Lipinski definition) is 1. The van der Waals surface area contributed by atoms with Crippen LogP contribution in [0.25, 0.3) is 0 Å². The molecule has 0 radical (unpaired) electrons. The molecule has 0 spiro atoms. The lowest BCUT2D eigenvalue weighted by Crippen LogP contribution is -2.04. The van der Waals surface area contributed by atoms with E-state index in [0.29, 0.717) is 0 Å². The van der Waals surface area contributed by atoms with Gasteiger partial charge in [-0.15, -0.1) is 0 Å². The lowest BCUT2D eigenvalue weighted by atomic mass is 10.3. The molecule has 0 heterocycles. The Kier molecular flexibility index (Phi) is 5.18. The zero-order valence-electron chi connectivity index (χ0n) is 8.73. The molecule has 1 nitrogen and oxygen atoms in total. The standard InChI is InChI=1S/C13H14IN/c1-3-4-6-9-12(2)15(14)13-10-7-5-8-11-13/h3-11H,1H2,2H3/b6-4-,12-9+. The third-order valence-corrected chi connectivity index (χ3v) is 3.20. The Morgan fingerprint density at radius 1 is 1.27 bits per heavy atom. The molecule has 0 N–H and O–H groups in total. The van der Waals surface area contributed by atoms with Gasteiger partial charge in [0.05, 0.1) is 28.6 Å². The van der Waals surface area contributed by atoms with E-state index in [1.54, 1.807) is 6.08 Å². The number of benzene rings is 1. The molecule has 0 bridgehead atoms. The number of para-hydroxylation sites is 1. The molecule has 0 amide bonds. The van der Waals surface area contributed by atoms with Crippen molar-refractivity contribution in [2.24, 2.45) is 0 Å². The molecule has 1 aromatic rings. The van der Waals surface area contributed by atoms with Gasteiger partial charge >= 0.3 is 0 Å². The first-order valence-corrected chi connectivity index (χ1v) is 5.69. The van der Waals surface area contributed by atoms with Crippen molar-refractivity contribution >= 4 is 28.6 Å². The topological polar surface area (TPSA) is 3.24 Å². The van der Waals surface area contributed by atoms with Crippen LogP contribution in [0.5, 0.6) is 0 Å².